The molecule has 0 aliphatic heterocycles. The van der Waals surface area contributed by atoms with Crippen LogP contribution in [0.5, 0.6) is 0 Å². The minimum atomic E-state index is 1.32. The van der Waals surface area contributed by atoms with Gasteiger partial charge in [0.05, 0.1) is 0 Å². The Balaban J connectivity index is 1.64. The Morgan fingerprint density at radius 3 is 1.83 bits per heavy atom. The zero-order valence-electron chi connectivity index (χ0n) is 15.8. The molecule has 0 saturated carbocycles. The van der Waals surface area contributed by atoms with Gasteiger partial charge in [0.2, 0.25) is 0 Å². The molecule has 7 aromatic rings. The monoisotopic (exact) mass is 404 g/mol. The molecule has 5 aromatic carbocycles. The quantitative estimate of drug-likeness (QED) is 0.221. The summed E-state index contributed by atoms with van der Waals surface area (Å²) in [4.78, 5) is 0. The van der Waals surface area contributed by atoms with Crippen LogP contribution in [0.25, 0.3) is 61.9 Å². The van der Waals surface area contributed by atoms with Crippen LogP contribution in [0.15, 0.2) is 78.9 Å². The molecule has 136 valence electrons. The summed E-state index contributed by atoms with van der Waals surface area (Å²) in [5.74, 6) is 0. The van der Waals surface area contributed by atoms with E-state index in [1.807, 2.05) is 22.7 Å². The van der Waals surface area contributed by atoms with Gasteiger partial charge in [0, 0.05) is 51.1 Å². The molecule has 2 heterocycles. The lowest BCUT2D eigenvalue weighted by molar-refractivity contribution is 1.52. The van der Waals surface area contributed by atoms with E-state index in [1.165, 1.54) is 67.5 Å². The maximum atomic E-state index is 2.40. The molecule has 7 rings (SSSR count). The molecule has 0 aliphatic carbocycles. The summed E-state index contributed by atoms with van der Waals surface area (Å²) in [5.41, 5.74) is 1.32. The molecule has 2 aromatic heterocycles. The molecule has 0 nitrogen and oxygen atoms in total. The molecule has 0 amide bonds. The van der Waals surface area contributed by atoms with Crippen LogP contribution in [0, 0.1) is 6.92 Å². The van der Waals surface area contributed by atoms with Gasteiger partial charge < -0.3 is 0 Å². The molecule has 0 fully saturated rings. The molecular weight excluding hydrogens is 388 g/mol. The third-order valence-electron chi connectivity index (χ3n) is 6.09. The van der Waals surface area contributed by atoms with Crippen molar-refractivity contribution in [2.75, 3.05) is 0 Å². The summed E-state index contributed by atoms with van der Waals surface area (Å²) in [6, 6.07) is 29.6. The Morgan fingerprint density at radius 1 is 0.483 bits per heavy atom. The fourth-order valence-corrected chi connectivity index (χ4v) is 7.11. The SMILES string of the molecule is Cc1ccc2sc3c4cc5ccc6c7ccccc7sc6c5cc4ccc3c2c1. The highest BCUT2D eigenvalue weighted by atomic mass is 32.1. The third kappa shape index (κ3) is 2.13. The molecule has 0 unspecified atom stereocenters. The number of thiophene rings is 2. The molecule has 0 N–H and O–H groups in total. The molecule has 0 bridgehead atoms. The second-order valence-corrected chi connectivity index (χ2v) is 9.98. The number of hydrogen-bond acceptors (Lipinski definition) is 2. The molecule has 0 spiro atoms. The lowest BCUT2D eigenvalue weighted by Crippen LogP contribution is -1.78. The minimum Gasteiger partial charge on any atom is -0.135 e. The zero-order chi connectivity index (χ0) is 19.1. The maximum absolute atomic E-state index is 2.40. The van der Waals surface area contributed by atoms with Crippen LogP contribution in [0.4, 0.5) is 0 Å². The number of benzene rings is 5. The van der Waals surface area contributed by atoms with Gasteiger partial charge >= 0.3 is 0 Å². The Morgan fingerprint density at radius 2 is 1.10 bits per heavy atom. The smallest absolute Gasteiger partial charge is 0.0434 e. The molecule has 0 atom stereocenters. The van der Waals surface area contributed by atoms with Crippen molar-refractivity contribution in [3.63, 3.8) is 0 Å². The van der Waals surface area contributed by atoms with Gasteiger partial charge in [-0.3, -0.25) is 0 Å². The predicted octanol–water partition coefficient (Wildman–Crippen LogP) is 9.04. The summed E-state index contributed by atoms with van der Waals surface area (Å²) >= 11 is 3.83. The number of rotatable bonds is 0. The fourth-order valence-electron chi connectivity index (χ4n) is 4.68. The van der Waals surface area contributed by atoms with Gasteiger partial charge in [0.15, 0.2) is 0 Å². The lowest BCUT2D eigenvalue weighted by atomic mass is 9.99. The molecule has 0 saturated heterocycles. The van der Waals surface area contributed by atoms with Gasteiger partial charge in [-0.15, -0.1) is 22.7 Å². The van der Waals surface area contributed by atoms with Crippen molar-refractivity contribution < 1.29 is 0 Å². The van der Waals surface area contributed by atoms with E-state index in [-0.39, 0.29) is 0 Å². The molecule has 0 radical (unpaired) electrons. The maximum Gasteiger partial charge on any atom is 0.0434 e. The van der Waals surface area contributed by atoms with Crippen LogP contribution >= 0.6 is 22.7 Å². The van der Waals surface area contributed by atoms with E-state index in [0.29, 0.717) is 0 Å². The van der Waals surface area contributed by atoms with E-state index < -0.39 is 0 Å². The Bertz CT molecular complexity index is 1760. The number of hydrogen-bond donors (Lipinski definition) is 0. The first-order valence-corrected chi connectivity index (χ1v) is 11.5. The second kappa shape index (κ2) is 5.56. The van der Waals surface area contributed by atoms with Crippen LogP contribution in [-0.4, -0.2) is 0 Å². The van der Waals surface area contributed by atoms with Gasteiger partial charge in [-0.1, -0.05) is 54.1 Å². The first-order valence-electron chi connectivity index (χ1n) is 9.86. The Kier molecular flexibility index (Phi) is 3.06. The van der Waals surface area contributed by atoms with Gasteiger partial charge in [0.25, 0.3) is 0 Å². The molecule has 0 aliphatic rings. The largest absolute Gasteiger partial charge is 0.135 e. The van der Waals surface area contributed by atoms with Gasteiger partial charge in [-0.25, -0.2) is 0 Å². The van der Waals surface area contributed by atoms with Gasteiger partial charge in [-0.2, -0.15) is 0 Å². The average Bonchev–Trinajstić information content (AvgIpc) is 3.31. The summed E-state index contributed by atoms with van der Waals surface area (Å²) < 4.78 is 5.54. The van der Waals surface area contributed by atoms with E-state index in [2.05, 4.69) is 85.8 Å². The number of fused-ring (bicyclic) bond motifs is 10. The molecular formula is C27H16S2. The van der Waals surface area contributed by atoms with Crippen molar-refractivity contribution >= 4 is 84.6 Å². The lowest BCUT2D eigenvalue weighted by Gasteiger charge is -2.05. The van der Waals surface area contributed by atoms with Crippen LogP contribution in [-0.2, 0) is 0 Å². The number of aryl methyl sites for hydroxylation is 1. The molecule has 29 heavy (non-hydrogen) atoms. The summed E-state index contributed by atoms with van der Waals surface area (Å²) in [5, 5.41) is 10.9. The third-order valence-corrected chi connectivity index (χ3v) is 8.53. The van der Waals surface area contributed by atoms with E-state index in [0.717, 1.165) is 0 Å². The summed E-state index contributed by atoms with van der Waals surface area (Å²) in [7, 11) is 0. The highest BCUT2D eigenvalue weighted by Crippen LogP contribution is 2.43. The topological polar surface area (TPSA) is 0 Å². The first-order chi connectivity index (χ1) is 14.3. The zero-order valence-corrected chi connectivity index (χ0v) is 17.5. The second-order valence-electron chi connectivity index (χ2n) is 7.88. The van der Waals surface area contributed by atoms with Gasteiger partial charge in [0.1, 0.15) is 0 Å². The summed E-state index contributed by atoms with van der Waals surface area (Å²) in [6.07, 6.45) is 0. The van der Waals surface area contributed by atoms with Crippen molar-refractivity contribution in [3.05, 3.63) is 84.4 Å². The highest BCUT2D eigenvalue weighted by Gasteiger charge is 2.12. The van der Waals surface area contributed by atoms with Crippen molar-refractivity contribution in [2.45, 2.75) is 6.92 Å². The van der Waals surface area contributed by atoms with Crippen LogP contribution < -0.4 is 0 Å². The standard InChI is InChI=1S/C27H16S2/c1-15-6-11-25-23(12-15)20-10-8-17-13-21-16(14-22(17)27(20)29-25)7-9-19-18-4-2-3-5-24(18)28-26(19)21/h2-14H,1H3. The average molecular weight is 405 g/mol. The highest BCUT2D eigenvalue weighted by molar-refractivity contribution is 7.27. The molecule has 2 heteroatoms. The van der Waals surface area contributed by atoms with Crippen LogP contribution in [0.2, 0.25) is 0 Å². The Labute approximate surface area is 175 Å². The van der Waals surface area contributed by atoms with Crippen LogP contribution in [0.3, 0.4) is 0 Å². The van der Waals surface area contributed by atoms with Gasteiger partial charge in [-0.05, 0) is 48.0 Å². The summed E-state index contributed by atoms with van der Waals surface area (Å²) in [6.45, 7) is 2.17. The normalized spacial score (nSPS) is 12.3. The van der Waals surface area contributed by atoms with Crippen molar-refractivity contribution in [1.82, 2.24) is 0 Å². The van der Waals surface area contributed by atoms with Crippen molar-refractivity contribution in [2.24, 2.45) is 0 Å². The van der Waals surface area contributed by atoms with Crippen LogP contribution in [0.1, 0.15) is 5.56 Å². The van der Waals surface area contributed by atoms with Crippen molar-refractivity contribution in [3.8, 4) is 0 Å². The first kappa shape index (κ1) is 15.9. The van der Waals surface area contributed by atoms with E-state index in [4.69, 9.17) is 0 Å². The minimum absolute atomic E-state index is 1.32. The Hall–Kier alpha value is -2.94. The predicted molar refractivity (Wildman–Crippen MR) is 132 cm³/mol. The van der Waals surface area contributed by atoms with E-state index >= 15 is 0 Å². The van der Waals surface area contributed by atoms with E-state index in [1.54, 1.807) is 0 Å². The van der Waals surface area contributed by atoms with Crippen molar-refractivity contribution in [1.29, 1.82) is 0 Å². The fraction of sp³-hybridized carbons (Fsp3) is 0.0370. The van der Waals surface area contributed by atoms with E-state index in [9.17, 15) is 0 Å².